The highest BCUT2D eigenvalue weighted by atomic mass is 32.1. The minimum Gasteiger partial charge on any atom is -0.496 e. The molecule has 24 heavy (non-hydrogen) atoms. The molecule has 0 aliphatic rings. The first kappa shape index (κ1) is 16.7. The van der Waals surface area contributed by atoms with Gasteiger partial charge < -0.3 is 15.2 Å². The number of methoxy groups -OCH3 is 1. The maximum Gasteiger partial charge on any atom is 0.255 e. The molecule has 6 heteroatoms. The summed E-state index contributed by atoms with van der Waals surface area (Å²) in [4.78, 5) is 13.3. The van der Waals surface area contributed by atoms with E-state index in [1.165, 1.54) is 29.8 Å². The fraction of sp³-hybridized carbons (Fsp3) is 0.167. The molecule has 0 spiro atoms. The molecule has 2 N–H and O–H groups in total. The Hall–Kier alpha value is -2.15. The number of carbonyl (C=O) groups is 1. The molecule has 3 aromatic rings. The second-order valence-electron chi connectivity index (χ2n) is 5.23. The Labute approximate surface area is 148 Å². The Morgan fingerprint density at radius 1 is 1.21 bits per heavy atom. The van der Waals surface area contributed by atoms with Crippen LogP contribution in [0.15, 0.2) is 58.6 Å². The van der Waals surface area contributed by atoms with Crippen LogP contribution in [0.3, 0.4) is 0 Å². The highest BCUT2D eigenvalue weighted by Crippen LogP contribution is 2.33. The van der Waals surface area contributed by atoms with Gasteiger partial charge in [-0.3, -0.25) is 4.79 Å². The predicted molar refractivity (Wildman–Crippen MR) is 97.0 cm³/mol. The number of benzene rings is 1. The number of ether oxygens (including phenoxy) is 1. The Bertz CT molecular complexity index is 763. The molecule has 3 rings (SSSR count). The van der Waals surface area contributed by atoms with Crippen LogP contribution < -0.4 is 10.1 Å². The molecule has 2 aromatic heterocycles. The number of carbonyl (C=O) groups excluding carboxylic acids is 1. The lowest BCUT2D eigenvalue weighted by atomic mass is 9.94. The first-order chi connectivity index (χ1) is 11.6. The zero-order chi connectivity index (χ0) is 17.0. The van der Waals surface area contributed by atoms with E-state index >= 15 is 0 Å². The van der Waals surface area contributed by atoms with Crippen molar-refractivity contribution in [1.29, 1.82) is 0 Å². The molecule has 4 nitrogen and oxygen atoms in total. The van der Waals surface area contributed by atoms with Crippen LogP contribution >= 0.6 is 22.7 Å². The number of hydrogen-bond acceptors (Lipinski definition) is 5. The zero-order valence-corrected chi connectivity index (χ0v) is 14.7. The van der Waals surface area contributed by atoms with Crippen LogP contribution in [0, 0.1) is 0 Å². The second-order valence-corrected chi connectivity index (χ2v) is 6.96. The van der Waals surface area contributed by atoms with Gasteiger partial charge in [0.1, 0.15) is 11.4 Å². The van der Waals surface area contributed by atoms with Crippen molar-refractivity contribution >= 4 is 28.6 Å². The standard InChI is InChI=1S/C18H17NO3S2/c1-22-15-6-3-2-5-14(15)17(20)19-12-18(21,13-8-10-23-11-13)16-7-4-9-24-16/h2-11,21H,12H2,1H3,(H,19,20). The molecule has 1 atom stereocenters. The summed E-state index contributed by atoms with van der Waals surface area (Å²) in [7, 11) is 1.53. The van der Waals surface area contributed by atoms with Crippen molar-refractivity contribution in [2.75, 3.05) is 13.7 Å². The quantitative estimate of drug-likeness (QED) is 0.708. The van der Waals surface area contributed by atoms with Gasteiger partial charge in [0.05, 0.1) is 19.2 Å². The van der Waals surface area contributed by atoms with Crippen molar-refractivity contribution in [2.45, 2.75) is 5.60 Å². The highest BCUT2D eigenvalue weighted by molar-refractivity contribution is 7.10. The normalized spacial score (nSPS) is 13.2. The molecule has 0 fully saturated rings. The molecule has 0 radical (unpaired) electrons. The molecule has 1 unspecified atom stereocenters. The maximum atomic E-state index is 12.5. The summed E-state index contributed by atoms with van der Waals surface area (Å²) in [5.74, 6) is 0.225. The molecule has 0 saturated heterocycles. The molecule has 0 aliphatic carbocycles. The summed E-state index contributed by atoms with van der Waals surface area (Å²) in [6, 6.07) is 12.7. The zero-order valence-electron chi connectivity index (χ0n) is 13.1. The van der Waals surface area contributed by atoms with Gasteiger partial charge >= 0.3 is 0 Å². The predicted octanol–water partition coefficient (Wildman–Crippen LogP) is 3.48. The molecule has 0 bridgehead atoms. The third kappa shape index (κ3) is 3.21. The van der Waals surface area contributed by atoms with Crippen LogP contribution in [0.5, 0.6) is 5.75 Å². The van der Waals surface area contributed by atoms with E-state index in [0.29, 0.717) is 11.3 Å². The molecule has 124 valence electrons. The number of amides is 1. The Morgan fingerprint density at radius 2 is 2.04 bits per heavy atom. The van der Waals surface area contributed by atoms with Crippen molar-refractivity contribution in [1.82, 2.24) is 5.32 Å². The number of hydrogen-bond donors (Lipinski definition) is 2. The first-order valence-corrected chi connectivity index (χ1v) is 9.17. The van der Waals surface area contributed by atoms with E-state index in [1.807, 2.05) is 40.4 Å². The van der Waals surface area contributed by atoms with Gasteiger partial charge in [0.15, 0.2) is 0 Å². The lowest BCUT2D eigenvalue weighted by molar-refractivity contribution is 0.0719. The van der Waals surface area contributed by atoms with Crippen LogP contribution in [-0.2, 0) is 5.60 Å². The van der Waals surface area contributed by atoms with Crippen molar-refractivity contribution in [3.8, 4) is 5.75 Å². The molecule has 0 saturated carbocycles. The Balaban J connectivity index is 1.83. The minimum atomic E-state index is -1.24. The van der Waals surface area contributed by atoms with E-state index in [4.69, 9.17) is 4.74 Å². The fourth-order valence-corrected chi connectivity index (χ4v) is 4.05. The lowest BCUT2D eigenvalue weighted by Crippen LogP contribution is -2.41. The molecule has 2 heterocycles. The number of nitrogens with one attached hydrogen (secondary N) is 1. The van der Waals surface area contributed by atoms with Crippen LogP contribution in [0.1, 0.15) is 20.8 Å². The maximum absolute atomic E-state index is 12.5. The SMILES string of the molecule is COc1ccccc1C(=O)NCC(O)(c1ccsc1)c1cccs1. The second kappa shape index (κ2) is 7.17. The van der Waals surface area contributed by atoms with E-state index in [2.05, 4.69) is 5.32 Å². The Kier molecular flexibility index (Phi) is 4.99. The van der Waals surface area contributed by atoms with Crippen molar-refractivity contribution < 1.29 is 14.6 Å². The van der Waals surface area contributed by atoms with Gasteiger partial charge in [-0.1, -0.05) is 18.2 Å². The summed E-state index contributed by atoms with van der Waals surface area (Å²) in [6.07, 6.45) is 0. The van der Waals surface area contributed by atoms with Gasteiger partial charge in [-0.05, 0) is 40.4 Å². The third-order valence-corrected chi connectivity index (χ3v) is 5.49. The summed E-state index contributed by atoms with van der Waals surface area (Å²) in [6.45, 7) is 0.0845. The van der Waals surface area contributed by atoms with Crippen LogP contribution in [0.25, 0.3) is 0 Å². The highest BCUT2D eigenvalue weighted by Gasteiger charge is 2.33. The lowest BCUT2D eigenvalue weighted by Gasteiger charge is -2.27. The van der Waals surface area contributed by atoms with E-state index in [-0.39, 0.29) is 12.5 Å². The Morgan fingerprint density at radius 3 is 2.71 bits per heavy atom. The average Bonchev–Trinajstić information content (AvgIpc) is 3.33. The third-order valence-electron chi connectivity index (χ3n) is 3.78. The minimum absolute atomic E-state index is 0.0845. The fourth-order valence-electron chi connectivity index (χ4n) is 2.48. The topological polar surface area (TPSA) is 58.6 Å². The van der Waals surface area contributed by atoms with Crippen molar-refractivity contribution in [3.05, 3.63) is 74.6 Å². The number of rotatable bonds is 6. The molecular formula is C18H17NO3S2. The number of aliphatic hydroxyl groups is 1. The van der Waals surface area contributed by atoms with Gasteiger partial charge in [-0.2, -0.15) is 11.3 Å². The largest absolute Gasteiger partial charge is 0.496 e. The van der Waals surface area contributed by atoms with E-state index in [1.54, 1.807) is 18.2 Å². The molecule has 0 aliphatic heterocycles. The van der Waals surface area contributed by atoms with Gasteiger partial charge in [0.25, 0.3) is 5.91 Å². The molecule has 1 aromatic carbocycles. The summed E-state index contributed by atoms with van der Waals surface area (Å²) in [5, 5.41) is 19.8. The number of para-hydroxylation sites is 1. The average molecular weight is 359 g/mol. The monoisotopic (exact) mass is 359 g/mol. The van der Waals surface area contributed by atoms with E-state index in [0.717, 1.165) is 10.4 Å². The van der Waals surface area contributed by atoms with E-state index < -0.39 is 5.60 Å². The van der Waals surface area contributed by atoms with Gasteiger partial charge in [0, 0.05) is 10.4 Å². The molecule has 1 amide bonds. The molecular weight excluding hydrogens is 342 g/mol. The van der Waals surface area contributed by atoms with Crippen LogP contribution in [-0.4, -0.2) is 24.7 Å². The summed E-state index contributed by atoms with van der Waals surface area (Å²) < 4.78 is 5.22. The van der Waals surface area contributed by atoms with Crippen LogP contribution in [0.4, 0.5) is 0 Å². The van der Waals surface area contributed by atoms with Gasteiger partial charge in [-0.25, -0.2) is 0 Å². The van der Waals surface area contributed by atoms with E-state index in [9.17, 15) is 9.90 Å². The van der Waals surface area contributed by atoms with Gasteiger partial charge in [0.2, 0.25) is 0 Å². The van der Waals surface area contributed by atoms with Crippen molar-refractivity contribution in [3.63, 3.8) is 0 Å². The van der Waals surface area contributed by atoms with Crippen LogP contribution in [0.2, 0.25) is 0 Å². The van der Waals surface area contributed by atoms with Crippen molar-refractivity contribution in [2.24, 2.45) is 0 Å². The smallest absolute Gasteiger partial charge is 0.255 e. The number of thiophene rings is 2. The summed E-state index contributed by atoms with van der Waals surface area (Å²) >= 11 is 2.97. The first-order valence-electron chi connectivity index (χ1n) is 7.35. The summed E-state index contributed by atoms with van der Waals surface area (Å²) in [5.41, 5.74) is -0.0274. The van der Waals surface area contributed by atoms with Gasteiger partial charge in [-0.15, -0.1) is 11.3 Å².